The highest BCUT2D eigenvalue weighted by atomic mass is 35.5. The summed E-state index contributed by atoms with van der Waals surface area (Å²) in [6, 6.07) is 25.0. The Morgan fingerprint density at radius 1 is 0.900 bits per heavy atom. The van der Waals surface area contributed by atoms with Crippen LogP contribution in [0.3, 0.4) is 0 Å². The van der Waals surface area contributed by atoms with Crippen molar-refractivity contribution in [1.82, 2.24) is 29.4 Å². The molecule has 34 heteroatoms. The van der Waals surface area contributed by atoms with Gasteiger partial charge in [0.15, 0.2) is 10.9 Å². The molecule has 4 atom stereocenters. The molecule has 2 amide bonds. The first-order valence-electron chi connectivity index (χ1n) is 30.9. The summed E-state index contributed by atoms with van der Waals surface area (Å²) in [7, 11) is 0.148. The van der Waals surface area contributed by atoms with E-state index in [1.807, 2.05) is 115 Å². The number of aromatic nitrogens is 5. The van der Waals surface area contributed by atoms with Crippen LogP contribution >= 0.6 is 54.0 Å². The molecule has 554 valence electrons. The number of esters is 1. The number of carbonyl (C=O) groups is 4. The number of halogens is 7. The Hall–Kier alpha value is -7.18. The van der Waals surface area contributed by atoms with Crippen LogP contribution in [0.4, 0.5) is 36.4 Å². The van der Waals surface area contributed by atoms with E-state index in [0.29, 0.717) is 74.0 Å². The van der Waals surface area contributed by atoms with Crippen molar-refractivity contribution in [1.29, 1.82) is 0 Å². The van der Waals surface area contributed by atoms with Crippen LogP contribution in [0.2, 0.25) is 5.28 Å². The van der Waals surface area contributed by atoms with Crippen LogP contribution in [-0.2, 0) is 76.8 Å². The molecule has 1 aliphatic rings. The number of ether oxygens (including phenoxy) is 5. The number of hydrogen-bond donors (Lipinski definition) is 5. The van der Waals surface area contributed by atoms with Gasteiger partial charge >= 0.3 is 23.8 Å². The number of anilines is 4. The number of methoxy groups -OCH3 is 2. The lowest BCUT2D eigenvalue weighted by molar-refractivity contribution is -0.193. The Morgan fingerprint density at radius 2 is 1.52 bits per heavy atom. The predicted molar refractivity (Wildman–Crippen MR) is 387 cm³/mol. The van der Waals surface area contributed by atoms with Crippen LogP contribution in [0.5, 0.6) is 17.2 Å². The Morgan fingerprint density at radius 3 is 2.05 bits per heavy atom. The van der Waals surface area contributed by atoms with Gasteiger partial charge in [0, 0.05) is 37.9 Å². The van der Waals surface area contributed by atoms with E-state index >= 15 is 0 Å². The molecule has 4 unspecified atom stereocenters. The largest absolute Gasteiger partial charge is 0.778 e. The Kier molecular flexibility index (Phi) is 38.2. The van der Waals surface area contributed by atoms with Crippen LogP contribution in [0.15, 0.2) is 101 Å². The van der Waals surface area contributed by atoms with Crippen molar-refractivity contribution >= 4 is 112 Å². The quantitative estimate of drug-likeness (QED) is 0.0182. The molecule has 2 aromatic heterocycles. The number of benzene rings is 4. The van der Waals surface area contributed by atoms with E-state index in [2.05, 4.69) is 57.3 Å². The zero-order chi connectivity index (χ0) is 76.0. The molecule has 1 aliphatic heterocycles. The molecule has 100 heavy (non-hydrogen) atoms. The fraction of sp³-hybridized carbons (Fsp3) is 0.470. The van der Waals surface area contributed by atoms with Crippen molar-refractivity contribution in [3.8, 4) is 22.9 Å². The number of carboxylic acids is 1. The molecular weight excluding hydrogens is 1430 g/mol. The number of hydrogen-bond acceptors (Lipinski definition) is 19. The lowest BCUT2D eigenvalue weighted by atomic mass is 10.0. The topological polar surface area (TPSA) is 320 Å². The van der Waals surface area contributed by atoms with Gasteiger partial charge in [-0.25, -0.2) is 14.2 Å². The van der Waals surface area contributed by atoms with Crippen molar-refractivity contribution in [2.24, 2.45) is 7.05 Å². The van der Waals surface area contributed by atoms with Gasteiger partial charge in [0.25, 0.3) is 11.5 Å². The van der Waals surface area contributed by atoms with E-state index < -0.39 is 66.4 Å². The smallest absolute Gasteiger partial charge is 0.431 e. The van der Waals surface area contributed by atoms with Gasteiger partial charge in [-0.15, -0.1) is 11.6 Å². The summed E-state index contributed by atoms with van der Waals surface area (Å²) in [6.45, 7) is 20.8. The summed E-state index contributed by atoms with van der Waals surface area (Å²) in [6.07, 6.45) is 1.84. The van der Waals surface area contributed by atoms with E-state index in [-0.39, 0.29) is 52.9 Å². The molecule has 0 aliphatic carbocycles. The highest BCUT2D eigenvalue weighted by Crippen LogP contribution is 2.35. The molecule has 7 rings (SSSR count). The normalized spacial score (nSPS) is 13.5. The molecule has 4 aromatic carbocycles. The second kappa shape index (κ2) is 42.9. The number of carbonyl (C=O) groups excluding carboxylic acids is 3. The summed E-state index contributed by atoms with van der Waals surface area (Å²) < 4.78 is 77.1. The molecule has 0 fully saturated rings. The maximum absolute atomic E-state index is 13.1. The number of carboxylic acid groups (broad SMARTS) is 1. The van der Waals surface area contributed by atoms with Crippen LogP contribution in [0, 0.1) is 6.92 Å². The average Bonchev–Trinajstić information content (AvgIpc) is 0.787. The maximum atomic E-state index is 13.1. The summed E-state index contributed by atoms with van der Waals surface area (Å²) in [5.41, 5.74) is 2.03. The number of para-hydroxylation sites is 3. The summed E-state index contributed by atoms with van der Waals surface area (Å²) in [4.78, 5) is 103. The lowest BCUT2D eigenvalue weighted by Crippen LogP contribution is -2.47. The number of nitrogens with zero attached hydrogens (tertiary/aromatic N) is 7. The average molecular weight is 1530 g/mol. The van der Waals surface area contributed by atoms with Gasteiger partial charge < -0.3 is 63.6 Å². The van der Waals surface area contributed by atoms with E-state index in [1.54, 1.807) is 23.8 Å². The Balaban J connectivity index is 0.000000451. The predicted octanol–water partition coefficient (Wildman–Crippen LogP) is 10.2. The molecular formula is C66H90Cl4F3N10O15PS. The van der Waals surface area contributed by atoms with Gasteiger partial charge in [-0.1, -0.05) is 79.5 Å². The molecule has 5 N–H and O–H groups in total. The minimum Gasteiger partial charge on any atom is -0.778 e. The van der Waals surface area contributed by atoms with E-state index in [1.165, 1.54) is 31.4 Å². The fourth-order valence-electron chi connectivity index (χ4n) is 8.79. The monoisotopic (exact) mass is 1520 g/mol. The SMILES string of the molecule is CC1COc2ccccc2N1C(=O)C(Cl)Cl.CCNc1nc(Cl)nc(NC(C)(C)C)n1.CCc1ccc(COc2ccc(-n3c(=O)cc(C(F)(F)F)n(C)c3=O)cc2)c(OC(C)C(=O)OC)c1.CCc1cccc(C)c1N(C(=O)CCl)C(C)COC.C[S+](C)C.O=C(O)CNCP(=O)([O-])O. The van der Waals surface area contributed by atoms with Gasteiger partial charge in [-0.3, -0.25) is 29.1 Å². The number of nitrogens with one attached hydrogen (secondary N) is 3. The summed E-state index contributed by atoms with van der Waals surface area (Å²) in [5, 5.41) is 16.3. The minimum absolute atomic E-state index is 0.0223. The highest BCUT2D eigenvalue weighted by molar-refractivity contribution is 7.94. The first-order valence-corrected chi connectivity index (χ1v) is 36.8. The Labute approximate surface area is 603 Å². The summed E-state index contributed by atoms with van der Waals surface area (Å²) >= 11 is 22.8. The number of aliphatic carboxylic acids is 1. The summed E-state index contributed by atoms with van der Waals surface area (Å²) in [5.74, 6) is 0.376. The third-order valence-corrected chi connectivity index (χ3v) is 14.5. The van der Waals surface area contributed by atoms with Crippen molar-refractivity contribution < 1.29 is 75.5 Å². The molecule has 0 bridgehead atoms. The molecule has 0 saturated carbocycles. The van der Waals surface area contributed by atoms with Crippen molar-refractivity contribution in [2.75, 3.05) is 91.9 Å². The standard InChI is InChI=1S/C25H25F3N2O6.C15H22ClNO2.C11H11Cl2NO2.C9H16ClN5.C3H8NO5P.C3H9S/c1-5-16-6-7-17(20(12-16)36-15(2)23(32)34-4)14-35-19-10-8-18(9-11-19)30-22(31)13-21(25(26,27)28)29(3)24(30)33;1-5-13-8-6-7-11(2)15(13)17(14(18)9-16)12(3)10-19-4;1-7-6-16-9-5-3-2-4-8(9)14(7)11(15)10(12)13;1-5-11-7-12-6(10)13-8(14-7)15-9(2,3)4;5-3(6)1-4-2-10(7,8)9;1-4(2)3/h6-13,15H,5,14H2,1-4H3;6-8,12H,5,9-10H2,1-4H3;2-5,7,10H,6H2,1H3;5H2,1-4H3,(H2,11,12,13,14,15);4H,1-2H2,(H,5,6)(H2,7,8,9);1-3H3/q;;;;;+1/p-1. The second-order valence-electron chi connectivity index (χ2n) is 23.2. The highest BCUT2D eigenvalue weighted by Gasteiger charge is 2.36. The third kappa shape index (κ3) is 30.6. The van der Waals surface area contributed by atoms with Gasteiger partial charge in [-0.2, -0.15) is 28.1 Å². The number of amides is 2. The van der Waals surface area contributed by atoms with Crippen molar-refractivity contribution in [3.05, 3.63) is 145 Å². The molecule has 0 radical (unpaired) electrons. The molecule has 3 heterocycles. The minimum atomic E-state index is -4.84. The fourth-order valence-corrected chi connectivity index (χ4v) is 9.68. The van der Waals surface area contributed by atoms with Crippen LogP contribution in [0.1, 0.15) is 90.3 Å². The van der Waals surface area contributed by atoms with E-state index in [0.717, 1.165) is 54.5 Å². The van der Waals surface area contributed by atoms with Crippen molar-refractivity contribution in [3.63, 3.8) is 0 Å². The zero-order valence-electron chi connectivity index (χ0n) is 58.7. The number of alkyl halides is 6. The van der Waals surface area contributed by atoms with Gasteiger partial charge in [-0.05, 0) is 150 Å². The van der Waals surface area contributed by atoms with Crippen LogP contribution in [0.25, 0.3) is 5.69 Å². The lowest BCUT2D eigenvalue weighted by Gasteiger charge is -2.35. The molecule has 25 nitrogen and oxygen atoms in total. The first-order chi connectivity index (χ1) is 46.7. The van der Waals surface area contributed by atoms with Crippen molar-refractivity contribution in [2.45, 2.75) is 123 Å². The zero-order valence-corrected chi connectivity index (χ0v) is 63.4. The number of aryl methyl sites for hydroxylation is 3. The van der Waals surface area contributed by atoms with Gasteiger partial charge in [0.1, 0.15) is 49.6 Å². The van der Waals surface area contributed by atoms with Crippen LogP contribution < -0.4 is 56.1 Å². The molecule has 0 saturated heterocycles. The maximum Gasteiger partial charge on any atom is 0.431 e. The number of rotatable bonds is 22. The van der Waals surface area contributed by atoms with Gasteiger partial charge in [0.05, 0.1) is 74.5 Å². The van der Waals surface area contributed by atoms with E-state index in [4.69, 9.17) is 80.1 Å². The van der Waals surface area contributed by atoms with Gasteiger partial charge in [0.2, 0.25) is 23.1 Å². The van der Waals surface area contributed by atoms with E-state index in [9.17, 15) is 51.4 Å². The number of fused-ring (bicyclic) bond motifs is 1. The third-order valence-electron chi connectivity index (χ3n) is 13.1. The Bertz CT molecular complexity index is 3770. The van der Waals surface area contributed by atoms with Crippen LogP contribution in [-0.4, -0.2) is 158 Å². The first kappa shape index (κ1) is 88.9. The molecule has 6 aromatic rings. The molecule has 0 spiro atoms. The second-order valence-corrected chi connectivity index (χ2v) is 28.9.